The van der Waals surface area contributed by atoms with Crippen LogP contribution in [0.3, 0.4) is 0 Å². The van der Waals surface area contributed by atoms with E-state index in [0.717, 1.165) is 22.4 Å². The molecule has 1 heterocycles. The Morgan fingerprint density at radius 2 is 2.00 bits per heavy atom. The van der Waals surface area contributed by atoms with Gasteiger partial charge in [0.05, 0.1) is 11.4 Å². The summed E-state index contributed by atoms with van der Waals surface area (Å²) in [5.41, 5.74) is 3.46. The maximum Gasteiger partial charge on any atom is 0.0767 e. The monoisotopic (exact) mass is 321 g/mol. The van der Waals surface area contributed by atoms with Crippen LogP contribution in [0.2, 0.25) is 0 Å². The minimum Gasteiger partial charge on any atom is -0.306 e. The van der Waals surface area contributed by atoms with E-state index in [1.807, 2.05) is 10.9 Å². The summed E-state index contributed by atoms with van der Waals surface area (Å²) in [6.07, 6.45) is 2.00. The molecule has 102 valence electrons. The van der Waals surface area contributed by atoms with E-state index in [1.165, 1.54) is 5.56 Å². The number of rotatable bonds is 3. The zero-order valence-corrected chi connectivity index (χ0v) is 13.5. The molecule has 0 unspecified atom stereocenters. The van der Waals surface area contributed by atoms with Crippen molar-refractivity contribution < 1.29 is 0 Å². The summed E-state index contributed by atoms with van der Waals surface area (Å²) in [5, 5.41) is 8.03. The highest BCUT2D eigenvalue weighted by Gasteiger charge is 2.10. The van der Waals surface area contributed by atoms with Gasteiger partial charge in [-0.3, -0.25) is 0 Å². The molecule has 1 aromatic carbocycles. The summed E-state index contributed by atoms with van der Waals surface area (Å²) >= 11 is 3.51. The van der Waals surface area contributed by atoms with Gasteiger partial charge in [0, 0.05) is 22.8 Å². The Bertz CT molecular complexity index is 567. The molecule has 0 atom stereocenters. The second kappa shape index (κ2) is 5.47. The van der Waals surface area contributed by atoms with Crippen LogP contribution in [-0.2, 0) is 6.54 Å². The standard InChI is InChI=1S/C15H20BrN3/c1-11-9-13(5-6-14(11)16)19-8-7-12(18-19)10-17-15(2,3)4/h5-9,17H,10H2,1-4H3. The molecule has 3 nitrogen and oxygen atoms in total. The Balaban J connectivity index is 2.14. The van der Waals surface area contributed by atoms with Crippen molar-refractivity contribution in [2.24, 2.45) is 0 Å². The lowest BCUT2D eigenvalue weighted by Gasteiger charge is -2.19. The van der Waals surface area contributed by atoms with Crippen molar-refractivity contribution in [1.82, 2.24) is 15.1 Å². The van der Waals surface area contributed by atoms with Gasteiger partial charge in [0.25, 0.3) is 0 Å². The van der Waals surface area contributed by atoms with Crippen LogP contribution in [0, 0.1) is 6.92 Å². The number of halogens is 1. The first-order valence-electron chi connectivity index (χ1n) is 6.41. The van der Waals surface area contributed by atoms with Gasteiger partial charge in [-0.2, -0.15) is 5.10 Å². The third kappa shape index (κ3) is 3.91. The molecule has 1 N–H and O–H groups in total. The topological polar surface area (TPSA) is 29.9 Å². The van der Waals surface area contributed by atoms with E-state index in [1.54, 1.807) is 0 Å². The van der Waals surface area contributed by atoms with E-state index in [9.17, 15) is 0 Å². The Hall–Kier alpha value is -1.13. The minimum absolute atomic E-state index is 0.109. The van der Waals surface area contributed by atoms with Gasteiger partial charge in [-0.1, -0.05) is 15.9 Å². The van der Waals surface area contributed by atoms with Gasteiger partial charge in [0.2, 0.25) is 0 Å². The quantitative estimate of drug-likeness (QED) is 0.931. The number of hydrogen-bond donors (Lipinski definition) is 1. The van der Waals surface area contributed by atoms with Crippen molar-refractivity contribution in [1.29, 1.82) is 0 Å². The molecule has 0 aliphatic rings. The average Bonchev–Trinajstić information content (AvgIpc) is 2.78. The average molecular weight is 322 g/mol. The molecule has 4 heteroatoms. The molecule has 0 bridgehead atoms. The molecule has 0 amide bonds. The molecule has 2 aromatic rings. The van der Waals surface area contributed by atoms with Gasteiger partial charge >= 0.3 is 0 Å². The lowest BCUT2D eigenvalue weighted by atomic mass is 10.1. The zero-order chi connectivity index (χ0) is 14.0. The minimum atomic E-state index is 0.109. The maximum absolute atomic E-state index is 4.59. The lowest BCUT2D eigenvalue weighted by Crippen LogP contribution is -2.35. The zero-order valence-electron chi connectivity index (χ0n) is 11.9. The van der Waals surface area contributed by atoms with Crippen molar-refractivity contribution in [3.8, 4) is 5.69 Å². The second-order valence-electron chi connectivity index (χ2n) is 5.79. The molecule has 0 aliphatic heterocycles. The fourth-order valence-corrected chi connectivity index (χ4v) is 1.97. The predicted molar refractivity (Wildman–Crippen MR) is 82.6 cm³/mol. The van der Waals surface area contributed by atoms with E-state index < -0.39 is 0 Å². The van der Waals surface area contributed by atoms with Crippen molar-refractivity contribution in [2.45, 2.75) is 39.8 Å². The van der Waals surface area contributed by atoms with Gasteiger partial charge in [0.15, 0.2) is 0 Å². The highest BCUT2D eigenvalue weighted by atomic mass is 79.9. The Morgan fingerprint density at radius 3 is 2.63 bits per heavy atom. The molecular weight excluding hydrogens is 302 g/mol. The molecule has 19 heavy (non-hydrogen) atoms. The van der Waals surface area contributed by atoms with Crippen LogP contribution >= 0.6 is 15.9 Å². The third-order valence-electron chi connectivity index (χ3n) is 2.85. The maximum atomic E-state index is 4.59. The third-order valence-corrected chi connectivity index (χ3v) is 3.74. The molecular formula is C15H20BrN3. The van der Waals surface area contributed by atoms with Crippen molar-refractivity contribution >= 4 is 15.9 Å². The second-order valence-corrected chi connectivity index (χ2v) is 6.64. The fourth-order valence-electron chi connectivity index (χ4n) is 1.73. The number of aromatic nitrogens is 2. The summed E-state index contributed by atoms with van der Waals surface area (Å²) in [6, 6.07) is 8.29. The van der Waals surface area contributed by atoms with Gasteiger partial charge in [-0.25, -0.2) is 4.68 Å². The van der Waals surface area contributed by atoms with Crippen molar-refractivity contribution in [2.75, 3.05) is 0 Å². The predicted octanol–water partition coefficient (Wildman–Crippen LogP) is 3.83. The van der Waals surface area contributed by atoms with E-state index in [-0.39, 0.29) is 5.54 Å². The van der Waals surface area contributed by atoms with Crippen LogP contribution in [-0.4, -0.2) is 15.3 Å². The van der Waals surface area contributed by atoms with Crippen LogP contribution in [0.25, 0.3) is 5.69 Å². The lowest BCUT2D eigenvalue weighted by molar-refractivity contribution is 0.420. The molecule has 0 spiro atoms. The largest absolute Gasteiger partial charge is 0.306 e. The Morgan fingerprint density at radius 1 is 1.26 bits per heavy atom. The Labute approximate surface area is 123 Å². The van der Waals surface area contributed by atoms with E-state index in [4.69, 9.17) is 0 Å². The highest BCUT2D eigenvalue weighted by molar-refractivity contribution is 9.10. The molecule has 0 saturated heterocycles. The van der Waals surface area contributed by atoms with Crippen LogP contribution in [0.5, 0.6) is 0 Å². The highest BCUT2D eigenvalue weighted by Crippen LogP contribution is 2.19. The summed E-state index contributed by atoms with van der Waals surface area (Å²) < 4.78 is 3.04. The van der Waals surface area contributed by atoms with Gasteiger partial charge in [-0.05, 0) is 57.5 Å². The fraction of sp³-hybridized carbons (Fsp3) is 0.400. The Kier molecular flexibility index (Phi) is 4.11. The molecule has 0 radical (unpaired) electrons. The molecule has 0 saturated carbocycles. The summed E-state index contributed by atoms with van der Waals surface area (Å²) in [6.45, 7) is 9.33. The summed E-state index contributed by atoms with van der Waals surface area (Å²) in [7, 11) is 0. The molecule has 0 aliphatic carbocycles. The van der Waals surface area contributed by atoms with Crippen molar-refractivity contribution in [3.05, 3.63) is 46.2 Å². The van der Waals surface area contributed by atoms with Gasteiger partial charge < -0.3 is 5.32 Å². The van der Waals surface area contributed by atoms with Crippen LogP contribution in [0.15, 0.2) is 34.9 Å². The first-order valence-corrected chi connectivity index (χ1v) is 7.20. The van der Waals surface area contributed by atoms with Crippen LogP contribution < -0.4 is 5.32 Å². The number of benzene rings is 1. The van der Waals surface area contributed by atoms with E-state index >= 15 is 0 Å². The summed E-state index contributed by atoms with van der Waals surface area (Å²) in [5.74, 6) is 0. The number of hydrogen-bond acceptors (Lipinski definition) is 2. The number of nitrogens with zero attached hydrogens (tertiary/aromatic N) is 2. The van der Waals surface area contributed by atoms with Crippen molar-refractivity contribution in [3.63, 3.8) is 0 Å². The molecule has 0 fully saturated rings. The first-order chi connectivity index (χ1) is 8.85. The van der Waals surface area contributed by atoms with Crippen LogP contribution in [0.1, 0.15) is 32.0 Å². The summed E-state index contributed by atoms with van der Waals surface area (Å²) in [4.78, 5) is 0. The number of nitrogens with one attached hydrogen (secondary N) is 1. The SMILES string of the molecule is Cc1cc(-n2ccc(CNC(C)(C)C)n2)ccc1Br. The molecule has 2 rings (SSSR count). The smallest absolute Gasteiger partial charge is 0.0767 e. The van der Waals surface area contributed by atoms with Gasteiger partial charge in [-0.15, -0.1) is 0 Å². The van der Waals surface area contributed by atoms with Crippen LogP contribution in [0.4, 0.5) is 0 Å². The van der Waals surface area contributed by atoms with Gasteiger partial charge in [0.1, 0.15) is 0 Å². The number of aryl methyl sites for hydroxylation is 1. The first kappa shape index (κ1) is 14.3. The normalized spacial score (nSPS) is 11.8. The van der Waals surface area contributed by atoms with E-state index in [0.29, 0.717) is 0 Å². The van der Waals surface area contributed by atoms with E-state index in [2.05, 4.69) is 78.3 Å². The molecule has 1 aromatic heterocycles.